The lowest BCUT2D eigenvalue weighted by Gasteiger charge is -2.18. The van der Waals surface area contributed by atoms with Gasteiger partial charge < -0.3 is 13.9 Å². The van der Waals surface area contributed by atoms with Crippen molar-refractivity contribution in [1.82, 2.24) is 0 Å². The Balaban J connectivity index is 2.09. The third-order valence-corrected chi connectivity index (χ3v) is 5.45. The van der Waals surface area contributed by atoms with E-state index in [1.165, 1.54) is 0 Å². The van der Waals surface area contributed by atoms with Crippen LogP contribution in [0.15, 0.2) is 46.9 Å². The lowest BCUT2D eigenvalue weighted by molar-refractivity contribution is -0.116. The van der Waals surface area contributed by atoms with Crippen LogP contribution in [0.5, 0.6) is 11.5 Å². The standard InChI is InChI=1S/C21H24BrNO4Si/c1-28(2,3)27-20-18(25)19(26-21(20)23-17(24)12-7-13-22)16-11-6-9-14-8-4-5-10-15(14)16/h4-6,8-11,25H,7,12-13H2,1-3H3,(H,23,24). The van der Waals surface area contributed by atoms with Crippen LogP contribution in [0.25, 0.3) is 22.1 Å². The highest BCUT2D eigenvalue weighted by molar-refractivity contribution is 9.09. The maximum absolute atomic E-state index is 12.2. The number of hydrogen-bond donors (Lipinski definition) is 2. The van der Waals surface area contributed by atoms with Gasteiger partial charge in [0.05, 0.1) is 0 Å². The van der Waals surface area contributed by atoms with Gasteiger partial charge in [0.1, 0.15) is 0 Å². The largest absolute Gasteiger partial charge is 0.538 e. The van der Waals surface area contributed by atoms with Crippen molar-refractivity contribution in [2.75, 3.05) is 10.6 Å². The fourth-order valence-corrected chi connectivity index (χ4v) is 4.00. The first-order valence-electron chi connectivity index (χ1n) is 9.19. The number of nitrogens with one attached hydrogen (secondary N) is 1. The van der Waals surface area contributed by atoms with Crippen molar-refractivity contribution in [3.63, 3.8) is 0 Å². The third kappa shape index (κ3) is 4.59. The lowest BCUT2D eigenvalue weighted by Crippen LogP contribution is -2.29. The summed E-state index contributed by atoms with van der Waals surface area (Å²) in [6.07, 6.45) is 1.06. The van der Waals surface area contributed by atoms with Crippen molar-refractivity contribution in [3.8, 4) is 22.8 Å². The average Bonchev–Trinajstić information content (AvgIpc) is 2.94. The fourth-order valence-electron chi connectivity index (χ4n) is 2.91. The topological polar surface area (TPSA) is 71.7 Å². The Morgan fingerprint density at radius 3 is 2.61 bits per heavy atom. The highest BCUT2D eigenvalue weighted by Gasteiger charge is 2.29. The Morgan fingerprint density at radius 1 is 1.18 bits per heavy atom. The smallest absolute Gasteiger partial charge is 0.245 e. The maximum atomic E-state index is 12.2. The predicted octanol–water partition coefficient (Wildman–Crippen LogP) is 6.13. The number of fused-ring (bicyclic) bond motifs is 1. The molecule has 3 rings (SSSR count). The van der Waals surface area contributed by atoms with Crippen LogP contribution < -0.4 is 9.74 Å². The summed E-state index contributed by atoms with van der Waals surface area (Å²) in [5.74, 6) is 0.380. The first kappa shape index (κ1) is 20.5. The van der Waals surface area contributed by atoms with Gasteiger partial charge in [-0.3, -0.25) is 10.1 Å². The van der Waals surface area contributed by atoms with E-state index in [1.54, 1.807) is 0 Å². The van der Waals surface area contributed by atoms with Crippen molar-refractivity contribution >= 4 is 46.8 Å². The molecule has 3 aromatic rings. The number of amides is 1. The molecule has 5 nitrogen and oxygen atoms in total. The SMILES string of the molecule is C[Si](C)(C)Oc1c(NC(=O)CCCBr)oc(-c2cccc3ccccc23)c1O. The summed E-state index contributed by atoms with van der Waals surface area (Å²) in [6, 6.07) is 13.7. The molecule has 7 heteroatoms. The molecule has 0 fully saturated rings. The molecular formula is C21H24BrNO4Si. The van der Waals surface area contributed by atoms with Crippen LogP contribution in [-0.2, 0) is 4.79 Å². The normalized spacial score (nSPS) is 11.6. The molecule has 0 atom stereocenters. The summed E-state index contributed by atoms with van der Waals surface area (Å²) in [5, 5.41) is 16.4. The Labute approximate surface area is 174 Å². The van der Waals surface area contributed by atoms with Crippen LogP contribution in [0, 0.1) is 0 Å². The molecular weight excluding hydrogens is 438 g/mol. The molecule has 0 spiro atoms. The molecule has 0 radical (unpaired) electrons. The number of rotatable bonds is 7. The number of anilines is 1. The van der Waals surface area contributed by atoms with E-state index in [4.69, 9.17) is 8.84 Å². The van der Waals surface area contributed by atoms with E-state index in [9.17, 15) is 9.90 Å². The molecule has 0 aliphatic heterocycles. The summed E-state index contributed by atoms with van der Waals surface area (Å²) in [4.78, 5) is 12.2. The molecule has 0 unspecified atom stereocenters. The first-order chi connectivity index (χ1) is 13.3. The Morgan fingerprint density at radius 2 is 1.89 bits per heavy atom. The van der Waals surface area contributed by atoms with E-state index in [2.05, 4.69) is 21.2 Å². The van der Waals surface area contributed by atoms with Crippen molar-refractivity contribution in [1.29, 1.82) is 0 Å². The van der Waals surface area contributed by atoms with E-state index in [-0.39, 0.29) is 23.3 Å². The minimum absolute atomic E-state index is 0.0884. The quantitative estimate of drug-likeness (QED) is 0.327. The maximum Gasteiger partial charge on any atom is 0.245 e. The Bertz CT molecular complexity index is 988. The van der Waals surface area contributed by atoms with Crippen molar-refractivity contribution in [2.24, 2.45) is 0 Å². The number of benzene rings is 2. The number of alkyl halides is 1. The van der Waals surface area contributed by atoms with Crippen LogP contribution in [-0.4, -0.2) is 24.7 Å². The van der Waals surface area contributed by atoms with Crippen LogP contribution in [0.3, 0.4) is 0 Å². The molecule has 0 aliphatic rings. The van der Waals surface area contributed by atoms with Crippen LogP contribution in [0.1, 0.15) is 12.8 Å². The van der Waals surface area contributed by atoms with E-state index in [0.717, 1.165) is 21.7 Å². The predicted molar refractivity (Wildman–Crippen MR) is 119 cm³/mol. The Hall–Kier alpha value is -2.25. The number of halogens is 1. The number of hydrogen-bond acceptors (Lipinski definition) is 4. The molecule has 148 valence electrons. The summed E-state index contributed by atoms with van der Waals surface area (Å²) >= 11 is 3.32. The summed E-state index contributed by atoms with van der Waals surface area (Å²) in [6.45, 7) is 6.02. The van der Waals surface area contributed by atoms with Crippen molar-refractivity contribution in [2.45, 2.75) is 32.5 Å². The number of aromatic hydroxyl groups is 1. The summed E-state index contributed by atoms with van der Waals surface area (Å²) < 4.78 is 12.0. The molecule has 2 N–H and O–H groups in total. The van der Waals surface area contributed by atoms with Crippen LogP contribution in [0.4, 0.5) is 5.88 Å². The highest BCUT2D eigenvalue weighted by atomic mass is 79.9. The van der Waals surface area contributed by atoms with Gasteiger partial charge in [-0.15, -0.1) is 0 Å². The zero-order valence-electron chi connectivity index (χ0n) is 16.2. The zero-order valence-corrected chi connectivity index (χ0v) is 18.8. The van der Waals surface area contributed by atoms with E-state index in [0.29, 0.717) is 18.6 Å². The zero-order chi connectivity index (χ0) is 20.3. The van der Waals surface area contributed by atoms with E-state index in [1.807, 2.05) is 62.1 Å². The second-order valence-electron chi connectivity index (χ2n) is 7.52. The van der Waals surface area contributed by atoms with Gasteiger partial charge in [-0.1, -0.05) is 58.4 Å². The molecule has 0 saturated heterocycles. The van der Waals surface area contributed by atoms with Crippen molar-refractivity contribution in [3.05, 3.63) is 42.5 Å². The number of carbonyl (C=O) groups excluding carboxylic acids is 1. The second kappa shape index (κ2) is 8.41. The molecule has 1 amide bonds. The average molecular weight is 462 g/mol. The van der Waals surface area contributed by atoms with Gasteiger partial charge in [0.25, 0.3) is 0 Å². The molecule has 0 aliphatic carbocycles. The third-order valence-electron chi connectivity index (χ3n) is 4.07. The van der Waals surface area contributed by atoms with Crippen LogP contribution >= 0.6 is 15.9 Å². The van der Waals surface area contributed by atoms with E-state index < -0.39 is 8.32 Å². The number of carbonyl (C=O) groups is 1. The molecule has 0 bridgehead atoms. The minimum Gasteiger partial charge on any atom is -0.538 e. The second-order valence-corrected chi connectivity index (χ2v) is 12.7. The van der Waals surface area contributed by atoms with Gasteiger partial charge in [0.15, 0.2) is 5.76 Å². The lowest BCUT2D eigenvalue weighted by atomic mass is 10.0. The van der Waals surface area contributed by atoms with Gasteiger partial charge in [0.2, 0.25) is 31.6 Å². The fraction of sp³-hybridized carbons (Fsp3) is 0.286. The molecule has 0 saturated carbocycles. The molecule has 28 heavy (non-hydrogen) atoms. The van der Waals surface area contributed by atoms with Crippen molar-refractivity contribution < 1.29 is 18.7 Å². The van der Waals surface area contributed by atoms with E-state index >= 15 is 0 Å². The van der Waals surface area contributed by atoms with Gasteiger partial charge in [-0.05, 0) is 36.8 Å². The number of furan rings is 1. The van der Waals surface area contributed by atoms with Crippen LogP contribution in [0.2, 0.25) is 19.6 Å². The molecule has 1 aromatic heterocycles. The highest BCUT2D eigenvalue weighted by Crippen LogP contribution is 2.48. The monoisotopic (exact) mass is 461 g/mol. The first-order valence-corrected chi connectivity index (χ1v) is 13.7. The van der Waals surface area contributed by atoms with Gasteiger partial charge in [-0.25, -0.2) is 0 Å². The Kier molecular flexibility index (Phi) is 6.15. The summed E-state index contributed by atoms with van der Waals surface area (Å²) in [5.41, 5.74) is 0.747. The summed E-state index contributed by atoms with van der Waals surface area (Å²) in [7, 11) is -2.06. The molecule has 2 aromatic carbocycles. The van der Waals surface area contributed by atoms with Gasteiger partial charge in [0, 0.05) is 17.3 Å². The van der Waals surface area contributed by atoms with Gasteiger partial charge in [-0.2, -0.15) is 0 Å². The molecule has 1 heterocycles. The van der Waals surface area contributed by atoms with Gasteiger partial charge >= 0.3 is 0 Å². The minimum atomic E-state index is -2.06.